The normalized spacial score (nSPS) is 24.1. The van der Waals surface area contributed by atoms with Crippen LogP contribution in [0.3, 0.4) is 0 Å². The average Bonchev–Trinajstić information content (AvgIpc) is 2.19. The minimum Gasteiger partial charge on any atom is -0.493 e. The van der Waals surface area contributed by atoms with Crippen LogP contribution in [0.5, 0.6) is 5.75 Å². The molecule has 0 saturated heterocycles. The predicted octanol–water partition coefficient (Wildman–Crippen LogP) is 0.247. The molecule has 0 spiro atoms. The molecule has 0 aromatic heterocycles. The highest BCUT2D eigenvalue weighted by atomic mass is 19.1. The van der Waals surface area contributed by atoms with E-state index in [9.17, 15) is 9.18 Å². The Morgan fingerprint density at radius 3 is 2.93 bits per heavy atom. The first-order chi connectivity index (χ1) is 7.04. The van der Waals surface area contributed by atoms with E-state index in [2.05, 4.69) is 0 Å². The van der Waals surface area contributed by atoms with Gasteiger partial charge in [0.25, 0.3) is 0 Å². The summed E-state index contributed by atoms with van der Waals surface area (Å²) in [5, 5.41) is 0. The van der Waals surface area contributed by atoms with E-state index in [1.54, 1.807) is 0 Å². The number of benzene rings is 1. The summed E-state index contributed by atoms with van der Waals surface area (Å²) in [6.45, 7) is 0.304. The average molecular weight is 210 g/mol. The van der Waals surface area contributed by atoms with Gasteiger partial charge < -0.3 is 16.2 Å². The van der Waals surface area contributed by atoms with Gasteiger partial charge in [0.2, 0.25) is 5.91 Å². The summed E-state index contributed by atoms with van der Waals surface area (Å²) < 4.78 is 18.3. The van der Waals surface area contributed by atoms with E-state index in [1.165, 1.54) is 18.2 Å². The van der Waals surface area contributed by atoms with Gasteiger partial charge in [0.15, 0.2) is 0 Å². The van der Waals surface area contributed by atoms with Crippen molar-refractivity contribution in [2.45, 2.75) is 12.0 Å². The highest BCUT2D eigenvalue weighted by Crippen LogP contribution is 2.35. The lowest BCUT2D eigenvalue weighted by molar-refractivity contribution is -0.124. The monoisotopic (exact) mass is 210 g/mol. The molecule has 0 bridgehead atoms. The predicted molar refractivity (Wildman–Crippen MR) is 51.6 cm³/mol. The van der Waals surface area contributed by atoms with Crippen LogP contribution in [0.25, 0.3) is 0 Å². The Labute approximate surface area is 86.0 Å². The van der Waals surface area contributed by atoms with Crippen LogP contribution in [0.2, 0.25) is 0 Å². The van der Waals surface area contributed by atoms with Crippen molar-refractivity contribution in [1.29, 1.82) is 0 Å². The number of ether oxygens (including phenoxy) is 1. The van der Waals surface area contributed by atoms with Gasteiger partial charge in [-0.05, 0) is 18.2 Å². The second-order valence-corrected chi connectivity index (χ2v) is 3.57. The molecule has 4 nitrogen and oxygen atoms in total. The summed E-state index contributed by atoms with van der Waals surface area (Å²) >= 11 is 0. The van der Waals surface area contributed by atoms with Crippen molar-refractivity contribution in [2.24, 2.45) is 11.5 Å². The third kappa shape index (κ3) is 1.45. The SMILES string of the molecule is NC(=O)C1(N)CCOc2ccc(F)cc21. The largest absolute Gasteiger partial charge is 0.493 e. The minimum atomic E-state index is -1.32. The van der Waals surface area contributed by atoms with Gasteiger partial charge in [-0.3, -0.25) is 4.79 Å². The van der Waals surface area contributed by atoms with Crippen LogP contribution in [-0.4, -0.2) is 12.5 Å². The Hall–Kier alpha value is -1.62. The van der Waals surface area contributed by atoms with Crippen LogP contribution in [0.1, 0.15) is 12.0 Å². The molecule has 0 radical (unpaired) electrons. The van der Waals surface area contributed by atoms with Gasteiger partial charge in [-0.15, -0.1) is 0 Å². The first-order valence-corrected chi connectivity index (χ1v) is 4.55. The molecule has 1 aromatic carbocycles. The molecule has 0 fully saturated rings. The second kappa shape index (κ2) is 3.20. The Balaban J connectivity index is 2.59. The molecule has 0 saturated carbocycles. The molecule has 15 heavy (non-hydrogen) atoms. The number of rotatable bonds is 1. The van der Waals surface area contributed by atoms with E-state index in [0.717, 1.165) is 0 Å². The fourth-order valence-electron chi connectivity index (χ4n) is 1.69. The summed E-state index contributed by atoms with van der Waals surface area (Å²) in [5.41, 5.74) is 10.1. The van der Waals surface area contributed by atoms with E-state index in [4.69, 9.17) is 16.2 Å². The lowest BCUT2D eigenvalue weighted by Crippen LogP contribution is -2.52. The second-order valence-electron chi connectivity index (χ2n) is 3.57. The topological polar surface area (TPSA) is 78.3 Å². The highest BCUT2D eigenvalue weighted by Gasteiger charge is 2.39. The number of carbonyl (C=O) groups is 1. The number of nitrogens with two attached hydrogens (primary N) is 2. The van der Waals surface area contributed by atoms with Crippen LogP contribution in [0.15, 0.2) is 18.2 Å². The Bertz CT molecular complexity index is 422. The number of primary amides is 1. The third-order valence-electron chi connectivity index (χ3n) is 2.62. The highest BCUT2D eigenvalue weighted by molar-refractivity contribution is 5.87. The zero-order chi connectivity index (χ0) is 11.1. The number of carbonyl (C=O) groups excluding carboxylic acids is 1. The lowest BCUT2D eigenvalue weighted by Gasteiger charge is -2.32. The fourth-order valence-corrected chi connectivity index (χ4v) is 1.69. The maximum atomic E-state index is 13.0. The number of hydrogen-bond acceptors (Lipinski definition) is 3. The van der Waals surface area contributed by atoms with E-state index < -0.39 is 17.3 Å². The summed E-state index contributed by atoms with van der Waals surface area (Å²) in [6, 6.07) is 3.90. The molecule has 1 heterocycles. The number of hydrogen-bond donors (Lipinski definition) is 2. The van der Waals surface area contributed by atoms with E-state index in [1.807, 2.05) is 0 Å². The van der Waals surface area contributed by atoms with Gasteiger partial charge in [0, 0.05) is 12.0 Å². The summed E-state index contributed by atoms with van der Waals surface area (Å²) in [5.74, 6) is -0.711. The zero-order valence-corrected chi connectivity index (χ0v) is 8.00. The Morgan fingerprint density at radius 2 is 2.27 bits per heavy atom. The van der Waals surface area contributed by atoms with Crippen molar-refractivity contribution >= 4 is 5.91 Å². The van der Waals surface area contributed by atoms with Crippen LogP contribution in [-0.2, 0) is 10.3 Å². The van der Waals surface area contributed by atoms with Crippen molar-refractivity contribution in [3.63, 3.8) is 0 Å². The Kier molecular flexibility index (Phi) is 2.12. The first kappa shape index (κ1) is 9.92. The summed E-state index contributed by atoms with van der Waals surface area (Å²) in [6.07, 6.45) is 0.263. The third-order valence-corrected chi connectivity index (χ3v) is 2.62. The lowest BCUT2D eigenvalue weighted by atomic mass is 9.85. The molecular weight excluding hydrogens is 199 g/mol. The molecule has 1 amide bonds. The standard InChI is InChI=1S/C10H11FN2O2/c11-6-1-2-8-7(5-6)10(13,9(12)14)3-4-15-8/h1-2,5H,3-4,13H2,(H2,12,14). The van der Waals surface area contributed by atoms with Gasteiger partial charge in [-0.25, -0.2) is 4.39 Å². The van der Waals surface area contributed by atoms with Crippen molar-refractivity contribution in [1.82, 2.24) is 0 Å². The molecule has 1 unspecified atom stereocenters. The molecular formula is C10H11FN2O2. The van der Waals surface area contributed by atoms with Gasteiger partial charge in [-0.1, -0.05) is 0 Å². The van der Waals surface area contributed by atoms with Crippen LogP contribution >= 0.6 is 0 Å². The van der Waals surface area contributed by atoms with E-state index in [0.29, 0.717) is 17.9 Å². The molecule has 1 aliphatic heterocycles. The van der Waals surface area contributed by atoms with Gasteiger partial charge in [0.1, 0.15) is 17.1 Å². The number of fused-ring (bicyclic) bond motifs is 1. The molecule has 2 rings (SSSR count). The fraction of sp³-hybridized carbons (Fsp3) is 0.300. The van der Waals surface area contributed by atoms with Crippen molar-refractivity contribution in [3.8, 4) is 5.75 Å². The molecule has 1 aliphatic rings. The van der Waals surface area contributed by atoms with Gasteiger partial charge >= 0.3 is 0 Å². The maximum Gasteiger partial charge on any atom is 0.242 e. The molecule has 5 heteroatoms. The van der Waals surface area contributed by atoms with Crippen LogP contribution in [0.4, 0.5) is 4.39 Å². The first-order valence-electron chi connectivity index (χ1n) is 4.55. The molecule has 0 aliphatic carbocycles. The molecule has 1 atom stereocenters. The molecule has 80 valence electrons. The molecule has 4 N–H and O–H groups in total. The Morgan fingerprint density at radius 1 is 1.53 bits per heavy atom. The van der Waals surface area contributed by atoms with Gasteiger partial charge in [-0.2, -0.15) is 0 Å². The maximum absolute atomic E-state index is 13.0. The number of amides is 1. The van der Waals surface area contributed by atoms with Crippen molar-refractivity contribution < 1.29 is 13.9 Å². The molecule has 1 aromatic rings. The quantitative estimate of drug-likeness (QED) is 0.697. The van der Waals surface area contributed by atoms with Crippen molar-refractivity contribution in [2.75, 3.05) is 6.61 Å². The smallest absolute Gasteiger partial charge is 0.242 e. The van der Waals surface area contributed by atoms with Gasteiger partial charge in [0.05, 0.1) is 6.61 Å². The van der Waals surface area contributed by atoms with Crippen LogP contribution in [0, 0.1) is 5.82 Å². The van der Waals surface area contributed by atoms with E-state index >= 15 is 0 Å². The summed E-state index contributed by atoms with van der Waals surface area (Å²) in [7, 11) is 0. The number of halogens is 1. The zero-order valence-electron chi connectivity index (χ0n) is 8.00. The summed E-state index contributed by atoms with van der Waals surface area (Å²) in [4.78, 5) is 11.3. The van der Waals surface area contributed by atoms with E-state index in [-0.39, 0.29) is 6.42 Å². The minimum absolute atomic E-state index is 0.263. The van der Waals surface area contributed by atoms with Crippen LogP contribution < -0.4 is 16.2 Å². The van der Waals surface area contributed by atoms with Crippen molar-refractivity contribution in [3.05, 3.63) is 29.6 Å².